The maximum absolute atomic E-state index is 4.83. The van der Waals surface area contributed by atoms with Crippen molar-refractivity contribution < 1.29 is 0 Å². The quantitative estimate of drug-likeness (QED) is 0.594. The number of guanidine groups is 1. The van der Waals surface area contributed by atoms with E-state index in [-0.39, 0.29) is 0 Å². The average molecular weight is 373 g/mol. The van der Waals surface area contributed by atoms with Crippen LogP contribution in [0.3, 0.4) is 0 Å². The van der Waals surface area contributed by atoms with Gasteiger partial charge in [-0.3, -0.25) is 0 Å². The Labute approximate surface area is 164 Å². The summed E-state index contributed by atoms with van der Waals surface area (Å²) in [5, 5.41) is 7.05. The number of nitrogens with one attached hydrogen (secondary N) is 2. The smallest absolute Gasteiger partial charge is 0.191 e. The molecule has 0 aliphatic carbocycles. The third kappa shape index (κ3) is 5.83. The Morgan fingerprint density at radius 2 is 1.96 bits per heavy atom. The van der Waals surface area contributed by atoms with E-state index < -0.39 is 0 Å². The second-order valence-electron chi connectivity index (χ2n) is 7.96. The molecular formula is C21H36N6. The summed E-state index contributed by atoms with van der Waals surface area (Å²) in [5.74, 6) is 2.03. The van der Waals surface area contributed by atoms with Crippen LogP contribution in [0.2, 0.25) is 0 Å². The molecule has 0 amide bonds. The fourth-order valence-electron chi connectivity index (χ4n) is 3.92. The van der Waals surface area contributed by atoms with E-state index in [1.807, 2.05) is 6.20 Å². The highest BCUT2D eigenvalue weighted by Crippen LogP contribution is 2.19. The van der Waals surface area contributed by atoms with E-state index in [1.54, 1.807) is 0 Å². The van der Waals surface area contributed by atoms with Crippen molar-refractivity contribution in [2.45, 2.75) is 65.1 Å². The van der Waals surface area contributed by atoms with Gasteiger partial charge < -0.3 is 20.4 Å². The Kier molecular flexibility index (Phi) is 7.33. The van der Waals surface area contributed by atoms with Crippen molar-refractivity contribution in [1.82, 2.24) is 20.5 Å². The maximum Gasteiger partial charge on any atom is 0.191 e. The third-order valence-corrected chi connectivity index (χ3v) is 5.60. The highest BCUT2D eigenvalue weighted by molar-refractivity contribution is 5.80. The maximum atomic E-state index is 4.83. The Balaban J connectivity index is 1.56. The zero-order valence-electron chi connectivity index (χ0n) is 17.2. The number of pyridine rings is 1. The Morgan fingerprint density at radius 1 is 1.22 bits per heavy atom. The molecule has 2 aliphatic rings. The Bertz CT molecular complexity index is 600. The van der Waals surface area contributed by atoms with Crippen molar-refractivity contribution in [2.75, 3.05) is 37.6 Å². The number of likely N-dealkylation sites (tertiary alicyclic amines) is 1. The molecular weight excluding hydrogens is 336 g/mol. The lowest BCUT2D eigenvalue weighted by Crippen LogP contribution is -2.49. The van der Waals surface area contributed by atoms with Crippen LogP contribution < -0.4 is 15.5 Å². The molecule has 0 unspecified atom stereocenters. The molecule has 3 heterocycles. The first-order chi connectivity index (χ1) is 13.2. The molecule has 0 radical (unpaired) electrons. The van der Waals surface area contributed by atoms with Crippen LogP contribution in [-0.4, -0.2) is 60.7 Å². The van der Waals surface area contributed by atoms with Crippen LogP contribution in [0, 0.1) is 0 Å². The van der Waals surface area contributed by atoms with Crippen molar-refractivity contribution in [3.8, 4) is 0 Å². The van der Waals surface area contributed by atoms with Crippen molar-refractivity contribution >= 4 is 11.8 Å². The number of nitrogens with zero attached hydrogens (tertiary/aromatic N) is 4. The van der Waals surface area contributed by atoms with Crippen LogP contribution >= 0.6 is 0 Å². The van der Waals surface area contributed by atoms with Crippen molar-refractivity contribution in [3.63, 3.8) is 0 Å². The first kappa shape index (κ1) is 19.9. The first-order valence-electron chi connectivity index (χ1n) is 10.6. The summed E-state index contributed by atoms with van der Waals surface area (Å²) in [5.41, 5.74) is 1.22. The monoisotopic (exact) mass is 372 g/mol. The van der Waals surface area contributed by atoms with Crippen LogP contribution in [0.5, 0.6) is 0 Å². The Morgan fingerprint density at radius 3 is 2.63 bits per heavy atom. The lowest BCUT2D eigenvalue weighted by Gasteiger charge is -2.35. The molecule has 1 aromatic rings. The van der Waals surface area contributed by atoms with Gasteiger partial charge in [0, 0.05) is 51.0 Å². The Hall–Kier alpha value is -1.82. The summed E-state index contributed by atoms with van der Waals surface area (Å²) >= 11 is 0. The van der Waals surface area contributed by atoms with Gasteiger partial charge in [-0.1, -0.05) is 0 Å². The third-order valence-electron chi connectivity index (χ3n) is 5.60. The topological polar surface area (TPSA) is 55.8 Å². The fourth-order valence-corrected chi connectivity index (χ4v) is 3.92. The molecule has 2 N–H and O–H groups in total. The summed E-state index contributed by atoms with van der Waals surface area (Å²) in [4.78, 5) is 14.3. The van der Waals surface area contributed by atoms with Gasteiger partial charge in [0.2, 0.25) is 0 Å². The van der Waals surface area contributed by atoms with Gasteiger partial charge in [0.15, 0.2) is 5.96 Å². The van der Waals surface area contributed by atoms with E-state index in [0.29, 0.717) is 18.6 Å². The minimum Gasteiger partial charge on any atom is -0.357 e. The standard InChI is InChI=1S/C21H36N6/c1-4-22-21(25-19-8-13-26(14-9-19)17(2)3)24-16-18-7-10-23-20(15-18)27-11-5-6-12-27/h7,10,15,17,19H,4-6,8-9,11-14,16H2,1-3H3,(H2,22,24,25). The van der Waals surface area contributed by atoms with Gasteiger partial charge in [-0.2, -0.15) is 0 Å². The van der Waals surface area contributed by atoms with Crippen LogP contribution in [0.1, 0.15) is 52.0 Å². The number of anilines is 1. The van der Waals surface area contributed by atoms with Gasteiger partial charge in [-0.15, -0.1) is 0 Å². The summed E-state index contributed by atoms with van der Waals surface area (Å²) in [6.07, 6.45) is 6.82. The van der Waals surface area contributed by atoms with Crippen LogP contribution in [0.15, 0.2) is 23.3 Å². The number of hydrogen-bond acceptors (Lipinski definition) is 4. The summed E-state index contributed by atoms with van der Waals surface area (Å²) in [6.45, 7) is 12.8. The van der Waals surface area contributed by atoms with Gasteiger partial charge >= 0.3 is 0 Å². The predicted molar refractivity (Wildman–Crippen MR) is 113 cm³/mol. The van der Waals surface area contributed by atoms with E-state index in [4.69, 9.17) is 4.99 Å². The predicted octanol–water partition coefficient (Wildman–Crippen LogP) is 2.61. The molecule has 150 valence electrons. The van der Waals surface area contributed by atoms with Crippen molar-refractivity contribution in [3.05, 3.63) is 23.9 Å². The normalized spacial score (nSPS) is 19.7. The molecule has 2 aliphatic heterocycles. The fraction of sp³-hybridized carbons (Fsp3) is 0.714. The molecule has 0 bridgehead atoms. The average Bonchev–Trinajstić information content (AvgIpc) is 3.22. The number of hydrogen-bond donors (Lipinski definition) is 2. The van der Waals surface area contributed by atoms with E-state index in [9.17, 15) is 0 Å². The van der Waals surface area contributed by atoms with Gasteiger partial charge in [-0.05, 0) is 64.2 Å². The molecule has 2 saturated heterocycles. The zero-order valence-corrected chi connectivity index (χ0v) is 17.2. The zero-order chi connectivity index (χ0) is 19.1. The minimum atomic E-state index is 0.510. The number of aromatic nitrogens is 1. The lowest BCUT2D eigenvalue weighted by molar-refractivity contribution is 0.167. The minimum absolute atomic E-state index is 0.510. The molecule has 6 heteroatoms. The SMILES string of the molecule is CCNC(=NCc1ccnc(N2CCCC2)c1)NC1CCN(C(C)C)CC1. The van der Waals surface area contributed by atoms with Crippen LogP contribution in [0.4, 0.5) is 5.82 Å². The first-order valence-corrected chi connectivity index (χ1v) is 10.6. The molecule has 6 nitrogen and oxygen atoms in total. The summed E-state index contributed by atoms with van der Waals surface area (Å²) in [7, 11) is 0. The number of aliphatic imine (C=N–C) groups is 1. The second kappa shape index (κ2) is 9.93. The van der Waals surface area contributed by atoms with E-state index in [1.165, 1.54) is 31.2 Å². The van der Waals surface area contributed by atoms with Gasteiger partial charge in [0.1, 0.15) is 5.82 Å². The molecule has 1 aromatic heterocycles. The highest BCUT2D eigenvalue weighted by atomic mass is 15.2. The highest BCUT2D eigenvalue weighted by Gasteiger charge is 2.21. The second-order valence-corrected chi connectivity index (χ2v) is 7.96. The molecule has 0 saturated carbocycles. The largest absolute Gasteiger partial charge is 0.357 e. The van der Waals surface area contributed by atoms with Crippen LogP contribution in [-0.2, 0) is 6.54 Å². The molecule has 27 heavy (non-hydrogen) atoms. The van der Waals surface area contributed by atoms with E-state index in [0.717, 1.165) is 44.5 Å². The van der Waals surface area contributed by atoms with Gasteiger partial charge in [0.05, 0.1) is 6.54 Å². The van der Waals surface area contributed by atoms with E-state index >= 15 is 0 Å². The number of piperidine rings is 1. The molecule has 3 rings (SSSR count). The molecule has 2 fully saturated rings. The molecule has 0 spiro atoms. The number of rotatable bonds is 6. The summed E-state index contributed by atoms with van der Waals surface area (Å²) < 4.78 is 0. The van der Waals surface area contributed by atoms with Crippen LogP contribution in [0.25, 0.3) is 0 Å². The lowest BCUT2D eigenvalue weighted by atomic mass is 10.0. The summed E-state index contributed by atoms with van der Waals surface area (Å²) in [6, 6.07) is 5.42. The van der Waals surface area contributed by atoms with E-state index in [2.05, 4.69) is 58.3 Å². The van der Waals surface area contributed by atoms with Gasteiger partial charge in [-0.25, -0.2) is 9.98 Å². The van der Waals surface area contributed by atoms with Gasteiger partial charge in [0.25, 0.3) is 0 Å². The molecule has 0 atom stereocenters. The van der Waals surface area contributed by atoms with Crippen molar-refractivity contribution in [2.24, 2.45) is 4.99 Å². The molecule has 0 aromatic carbocycles. The van der Waals surface area contributed by atoms with Crippen molar-refractivity contribution in [1.29, 1.82) is 0 Å².